The lowest BCUT2D eigenvalue weighted by Crippen LogP contribution is -2.55. The summed E-state index contributed by atoms with van der Waals surface area (Å²) in [5.41, 5.74) is 9.46. The molecule has 0 radical (unpaired) electrons. The van der Waals surface area contributed by atoms with Crippen LogP contribution in [0.25, 0.3) is 0 Å². The maximum atomic E-state index is 6.32. The van der Waals surface area contributed by atoms with Crippen molar-refractivity contribution in [2.75, 3.05) is 19.6 Å². The third-order valence-corrected chi connectivity index (χ3v) is 5.71. The predicted molar refractivity (Wildman–Crippen MR) is 84.8 cm³/mol. The minimum Gasteiger partial charge on any atom is -0.328 e. The first kappa shape index (κ1) is 14.1. The predicted octanol–water partition coefficient (Wildman–Crippen LogP) is 3.47. The first-order chi connectivity index (χ1) is 9.67. The smallest absolute Gasteiger partial charge is 0.0586 e. The number of fused-ring (bicyclic) bond motifs is 1. The number of benzene rings is 1. The van der Waals surface area contributed by atoms with Gasteiger partial charge in [0.15, 0.2) is 0 Å². The van der Waals surface area contributed by atoms with Crippen LogP contribution < -0.4 is 5.73 Å². The molecule has 0 saturated carbocycles. The molecule has 2 unspecified atom stereocenters. The van der Waals surface area contributed by atoms with Gasteiger partial charge >= 0.3 is 0 Å². The SMILES string of the molecule is CC1CCN(C2(CN)CCC(C)c3ccccc32)CC1. The van der Waals surface area contributed by atoms with E-state index in [1.54, 1.807) is 0 Å². The fourth-order valence-corrected chi connectivity index (χ4v) is 4.20. The molecule has 2 heteroatoms. The topological polar surface area (TPSA) is 29.3 Å². The Morgan fingerprint density at radius 2 is 1.85 bits per heavy atom. The van der Waals surface area contributed by atoms with Crippen molar-refractivity contribution in [3.8, 4) is 0 Å². The summed E-state index contributed by atoms with van der Waals surface area (Å²) < 4.78 is 0. The van der Waals surface area contributed by atoms with Gasteiger partial charge in [0.25, 0.3) is 0 Å². The van der Waals surface area contributed by atoms with Crippen LogP contribution in [0.4, 0.5) is 0 Å². The second-order valence-electron chi connectivity index (χ2n) is 6.93. The number of piperidine rings is 1. The largest absolute Gasteiger partial charge is 0.328 e. The summed E-state index contributed by atoms with van der Waals surface area (Å²) in [5.74, 6) is 1.55. The van der Waals surface area contributed by atoms with E-state index in [9.17, 15) is 0 Å². The molecule has 1 aliphatic carbocycles. The van der Waals surface area contributed by atoms with Crippen LogP contribution in [0.15, 0.2) is 24.3 Å². The number of hydrogen-bond donors (Lipinski definition) is 1. The van der Waals surface area contributed by atoms with Gasteiger partial charge in [0, 0.05) is 6.54 Å². The maximum Gasteiger partial charge on any atom is 0.0586 e. The van der Waals surface area contributed by atoms with Crippen LogP contribution in [0.1, 0.15) is 56.6 Å². The number of likely N-dealkylation sites (tertiary alicyclic amines) is 1. The van der Waals surface area contributed by atoms with Gasteiger partial charge in [-0.25, -0.2) is 0 Å². The van der Waals surface area contributed by atoms with Crippen LogP contribution in [0.3, 0.4) is 0 Å². The maximum absolute atomic E-state index is 6.32. The Balaban J connectivity index is 1.99. The van der Waals surface area contributed by atoms with E-state index in [1.165, 1.54) is 49.9 Å². The van der Waals surface area contributed by atoms with E-state index >= 15 is 0 Å². The van der Waals surface area contributed by atoms with Crippen molar-refractivity contribution in [2.24, 2.45) is 11.7 Å². The molecule has 1 aliphatic heterocycles. The molecule has 0 bridgehead atoms. The molecule has 1 aromatic rings. The second-order valence-corrected chi connectivity index (χ2v) is 6.93. The number of nitrogens with zero attached hydrogens (tertiary/aromatic N) is 1. The molecular weight excluding hydrogens is 244 g/mol. The summed E-state index contributed by atoms with van der Waals surface area (Å²) in [4.78, 5) is 2.69. The molecule has 1 fully saturated rings. The highest BCUT2D eigenvalue weighted by atomic mass is 15.2. The molecule has 2 nitrogen and oxygen atoms in total. The Morgan fingerprint density at radius 1 is 1.15 bits per heavy atom. The van der Waals surface area contributed by atoms with E-state index in [1.807, 2.05) is 0 Å². The van der Waals surface area contributed by atoms with Crippen molar-refractivity contribution < 1.29 is 0 Å². The molecule has 1 aromatic carbocycles. The minimum atomic E-state index is 0.100. The highest BCUT2D eigenvalue weighted by Gasteiger charge is 2.42. The Hall–Kier alpha value is -0.860. The van der Waals surface area contributed by atoms with E-state index in [0.29, 0.717) is 5.92 Å². The van der Waals surface area contributed by atoms with Gasteiger partial charge in [-0.1, -0.05) is 38.1 Å². The second kappa shape index (κ2) is 5.50. The first-order valence-electron chi connectivity index (χ1n) is 8.22. The van der Waals surface area contributed by atoms with Crippen LogP contribution in [0.2, 0.25) is 0 Å². The fourth-order valence-electron chi connectivity index (χ4n) is 4.20. The molecule has 3 rings (SSSR count). The third kappa shape index (κ3) is 2.19. The van der Waals surface area contributed by atoms with Crippen LogP contribution in [-0.2, 0) is 5.54 Å². The highest BCUT2D eigenvalue weighted by Crippen LogP contribution is 2.45. The van der Waals surface area contributed by atoms with Gasteiger partial charge in [-0.3, -0.25) is 4.90 Å². The molecule has 20 heavy (non-hydrogen) atoms. The van der Waals surface area contributed by atoms with Gasteiger partial charge in [0.1, 0.15) is 0 Å². The summed E-state index contributed by atoms with van der Waals surface area (Å²) >= 11 is 0. The summed E-state index contributed by atoms with van der Waals surface area (Å²) in [6.07, 6.45) is 5.12. The van der Waals surface area contributed by atoms with Gasteiger partial charge in [0.2, 0.25) is 0 Å². The quantitative estimate of drug-likeness (QED) is 0.893. The van der Waals surface area contributed by atoms with E-state index in [2.05, 4.69) is 43.0 Å². The summed E-state index contributed by atoms with van der Waals surface area (Å²) in [6.45, 7) is 7.91. The van der Waals surface area contributed by atoms with Gasteiger partial charge in [-0.15, -0.1) is 0 Å². The Kier molecular flexibility index (Phi) is 3.87. The number of rotatable bonds is 2. The average Bonchev–Trinajstić information content (AvgIpc) is 2.50. The molecule has 1 heterocycles. The van der Waals surface area contributed by atoms with E-state index in [-0.39, 0.29) is 5.54 Å². The van der Waals surface area contributed by atoms with Crippen molar-refractivity contribution in [1.29, 1.82) is 0 Å². The lowest BCUT2D eigenvalue weighted by atomic mass is 9.70. The van der Waals surface area contributed by atoms with Gasteiger partial charge in [-0.05, 0) is 61.7 Å². The molecule has 2 atom stereocenters. The summed E-state index contributed by atoms with van der Waals surface area (Å²) in [5, 5.41) is 0. The molecule has 1 saturated heterocycles. The van der Waals surface area contributed by atoms with Gasteiger partial charge in [-0.2, -0.15) is 0 Å². The number of hydrogen-bond acceptors (Lipinski definition) is 2. The molecule has 0 amide bonds. The Bertz CT molecular complexity index is 462. The third-order valence-electron chi connectivity index (χ3n) is 5.71. The lowest BCUT2D eigenvalue weighted by Gasteiger charge is -2.50. The average molecular weight is 272 g/mol. The summed E-state index contributed by atoms with van der Waals surface area (Å²) in [6, 6.07) is 9.01. The van der Waals surface area contributed by atoms with Crippen LogP contribution in [-0.4, -0.2) is 24.5 Å². The molecule has 2 aliphatic rings. The number of nitrogens with two attached hydrogens (primary N) is 1. The fraction of sp³-hybridized carbons (Fsp3) is 0.667. The van der Waals surface area contributed by atoms with E-state index < -0.39 is 0 Å². The van der Waals surface area contributed by atoms with Crippen molar-refractivity contribution in [1.82, 2.24) is 4.90 Å². The monoisotopic (exact) mass is 272 g/mol. The van der Waals surface area contributed by atoms with Crippen molar-refractivity contribution in [3.05, 3.63) is 35.4 Å². The Morgan fingerprint density at radius 3 is 2.55 bits per heavy atom. The molecule has 0 spiro atoms. The zero-order valence-corrected chi connectivity index (χ0v) is 12.9. The zero-order valence-electron chi connectivity index (χ0n) is 12.9. The molecule has 110 valence electrons. The lowest BCUT2D eigenvalue weighted by molar-refractivity contribution is 0.0390. The van der Waals surface area contributed by atoms with E-state index in [4.69, 9.17) is 5.73 Å². The van der Waals surface area contributed by atoms with Crippen LogP contribution in [0, 0.1) is 5.92 Å². The highest BCUT2D eigenvalue weighted by molar-refractivity contribution is 5.39. The molecular formula is C18H28N2. The molecule has 2 N–H and O–H groups in total. The van der Waals surface area contributed by atoms with Crippen LogP contribution in [0.5, 0.6) is 0 Å². The van der Waals surface area contributed by atoms with E-state index in [0.717, 1.165) is 12.5 Å². The van der Waals surface area contributed by atoms with Crippen molar-refractivity contribution in [3.63, 3.8) is 0 Å². The normalized spacial score (nSPS) is 32.0. The Labute approximate surface area is 123 Å². The standard InChI is InChI=1S/C18H28N2/c1-14-8-11-20(12-9-14)18(13-19)10-7-15(2)16-5-3-4-6-17(16)18/h3-6,14-15H,7-13,19H2,1-2H3. The van der Waals surface area contributed by atoms with Gasteiger partial charge in [0.05, 0.1) is 5.54 Å². The van der Waals surface area contributed by atoms with Crippen molar-refractivity contribution in [2.45, 2.75) is 51.0 Å². The van der Waals surface area contributed by atoms with Gasteiger partial charge < -0.3 is 5.73 Å². The first-order valence-corrected chi connectivity index (χ1v) is 8.22. The summed E-state index contributed by atoms with van der Waals surface area (Å²) in [7, 11) is 0. The van der Waals surface area contributed by atoms with Crippen molar-refractivity contribution >= 4 is 0 Å². The zero-order chi connectivity index (χ0) is 14.2. The molecule has 0 aromatic heterocycles. The minimum absolute atomic E-state index is 0.100. The van der Waals surface area contributed by atoms with Crippen LogP contribution >= 0.6 is 0 Å².